The van der Waals surface area contributed by atoms with Crippen molar-refractivity contribution in [2.75, 3.05) is 13.9 Å². The Balaban J connectivity index is 1.67. The number of halogens is 1. The van der Waals surface area contributed by atoms with Crippen LogP contribution in [-0.4, -0.2) is 60.4 Å². The molecule has 1 aromatic heterocycles. The number of aliphatic hydroxyl groups excluding tert-OH is 1. The predicted molar refractivity (Wildman–Crippen MR) is 139 cm³/mol. The fourth-order valence-electron chi connectivity index (χ4n) is 3.52. The Morgan fingerprint density at radius 1 is 1.05 bits per heavy atom. The van der Waals surface area contributed by atoms with E-state index in [1.807, 2.05) is 42.5 Å². The van der Waals surface area contributed by atoms with Gasteiger partial charge in [0.15, 0.2) is 6.10 Å². The van der Waals surface area contributed by atoms with Gasteiger partial charge >= 0.3 is 12.1 Å². The summed E-state index contributed by atoms with van der Waals surface area (Å²) in [6.45, 7) is 2.53. The summed E-state index contributed by atoms with van der Waals surface area (Å²) >= 11 is 6.09. The summed E-state index contributed by atoms with van der Waals surface area (Å²) in [5, 5.41) is 17.4. The predicted octanol–water partition coefficient (Wildman–Crippen LogP) is 4.16. The molecule has 0 aliphatic heterocycles. The van der Waals surface area contributed by atoms with Crippen LogP contribution in [0.25, 0.3) is 11.1 Å². The average molecular weight is 561 g/mol. The first kappa shape index (κ1) is 29.5. The first-order chi connectivity index (χ1) is 18.6. The van der Waals surface area contributed by atoms with Crippen molar-refractivity contribution in [3.05, 3.63) is 70.9 Å². The largest absolute Gasteiger partial charge is 0.511 e. The van der Waals surface area contributed by atoms with Crippen molar-refractivity contribution in [2.45, 2.75) is 44.9 Å². The number of esters is 1. The van der Waals surface area contributed by atoms with E-state index in [1.54, 1.807) is 19.9 Å². The van der Waals surface area contributed by atoms with Gasteiger partial charge in [-0.2, -0.15) is 0 Å². The zero-order valence-electron chi connectivity index (χ0n) is 21.6. The molecule has 2 atom stereocenters. The molecule has 0 spiro atoms. The molecule has 39 heavy (non-hydrogen) atoms. The van der Waals surface area contributed by atoms with Gasteiger partial charge in [0.25, 0.3) is 11.8 Å². The molecular weight excluding hydrogens is 532 g/mol. The summed E-state index contributed by atoms with van der Waals surface area (Å²) < 4.78 is 24.1. The number of ether oxygens (including phenoxy) is 4. The van der Waals surface area contributed by atoms with Crippen molar-refractivity contribution in [1.29, 1.82) is 0 Å². The number of aromatic nitrogens is 1. The summed E-state index contributed by atoms with van der Waals surface area (Å²) in [7, 11) is 1.38. The SMILES string of the molecule is COc1cc(C(=O)N[C@H](Cc2ccc(-c3cccc(Cl)c3)cc2)CC(O)C(=O)OCOC(=O)OC(C)C)on1. The molecule has 208 valence electrons. The van der Waals surface area contributed by atoms with Gasteiger partial charge in [-0.25, -0.2) is 9.59 Å². The van der Waals surface area contributed by atoms with Crippen molar-refractivity contribution in [1.82, 2.24) is 10.5 Å². The number of carbonyl (C=O) groups is 3. The number of methoxy groups -OCH3 is 1. The van der Waals surface area contributed by atoms with E-state index in [-0.39, 0.29) is 24.5 Å². The number of benzene rings is 2. The highest BCUT2D eigenvalue weighted by molar-refractivity contribution is 6.30. The van der Waals surface area contributed by atoms with Gasteiger partial charge in [-0.1, -0.05) is 48.0 Å². The highest BCUT2D eigenvalue weighted by atomic mass is 35.5. The van der Waals surface area contributed by atoms with Crippen LogP contribution >= 0.6 is 11.6 Å². The van der Waals surface area contributed by atoms with Crippen LogP contribution in [0.1, 0.15) is 36.4 Å². The molecule has 3 aromatic rings. The lowest BCUT2D eigenvalue weighted by Gasteiger charge is -2.21. The van der Waals surface area contributed by atoms with Crippen molar-refractivity contribution in [3.63, 3.8) is 0 Å². The number of amides is 1. The lowest BCUT2D eigenvalue weighted by molar-refractivity contribution is -0.164. The molecule has 0 fully saturated rings. The molecule has 1 heterocycles. The van der Waals surface area contributed by atoms with Gasteiger partial charge in [-0.3, -0.25) is 4.79 Å². The van der Waals surface area contributed by atoms with Crippen LogP contribution < -0.4 is 10.1 Å². The molecule has 2 N–H and O–H groups in total. The molecule has 1 amide bonds. The van der Waals surface area contributed by atoms with E-state index in [0.29, 0.717) is 5.02 Å². The van der Waals surface area contributed by atoms with Gasteiger partial charge in [-0.15, -0.1) is 0 Å². The Morgan fingerprint density at radius 2 is 1.79 bits per heavy atom. The lowest BCUT2D eigenvalue weighted by atomic mass is 9.97. The van der Waals surface area contributed by atoms with Crippen molar-refractivity contribution < 1.29 is 43.0 Å². The standard InChI is InChI=1S/C27H29ClN2O9/c1-16(2)38-27(34)37-15-36-26(33)22(31)13-21(29-25(32)23-14-24(35-3)30-39-23)11-17-7-9-18(10-8-17)19-5-4-6-20(28)12-19/h4-10,12,14,16,21-22,31H,11,13,15H2,1-3H3,(H,29,32)/t21-,22?/m1/s1. The van der Waals surface area contributed by atoms with Crippen molar-refractivity contribution >= 4 is 29.6 Å². The Bertz CT molecular complexity index is 1260. The third-order valence-electron chi connectivity index (χ3n) is 5.34. The second kappa shape index (κ2) is 14.2. The summed E-state index contributed by atoms with van der Waals surface area (Å²) in [6.07, 6.45) is -3.00. The summed E-state index contributed by atoms with van der Waals surface area (Å²) in [5.74, 6) is -1.65. The van der Waals surface area contributed by atoms with Crippen molar-refractivity contribution in [2.24, 2.45) is 0 Å². The van der Waals surface area contributed by atoms with Gasteiger partial charge in [0.05, 0.1) is 19.3 Å². The smallest absolute Gasteiger partial charge is 0.479 e. The van der Waals surface area contributed by atoms with E-state index in [9.17, 15) is 19.5 Å². The molecule has 1 unspecified atom stereocenters. The molecule has 2 aromatic carbocycles. The van der Waals surface area contributed by atoms with Crippen molar-refractivity contribution in [3.8, 4) is 17.0 Å². The number of carbonyl (C=O) groups excluding carboxylic acids is 3. The number of nitrogens with zero attached hydrogens (tertiary/aromatic N) is 1. The van der Waals surface area contributed by atoms with Gasteiger partial charge in [0.1, 0.15) is 0 Å². The second-order valence-electron chi connectivity index (χ2n) is 8.71. The van der Waals surface area contributed by atoms with Gasteiger partial charge < -0.3 is 33.9 Å². The second-order valence-corrected chi connectivity index (χ2v) is 9.15. The third kappa shape index (κ3) is 9.31. The topological polar surface area (TPSA) is 146 Å². The Hall–Kier alpha value is -4.09. The Kier molecular flexibility index (Phi) is 10.7. The Labute approximate surface area is 229 Å². The number of hydrogen-bond acceptors (Lipinski definition) is 10. The van der Waals surface area contributed by atoms with E-state index in [4.69, 9.17) is 30.3 Å². The summed E-state index contributed by atoms with van der Waals surface area (Å²) in [4.78, 5) is 36.5. The summed E-state index contributed by atoms with van der Waals surface area (Å²) in [6, 6.07) is 15.6. The molecule has 0 saturated carbocycles. The highest BCUT2D eigenvalue weighted by Crippen LogP contribution is 2.24. The van der Waals surface area contributed by atoms with Crippen LogP contribution in [0.3, 0.4) is 0 Å². The number of rotatable bonds is 12. The zero-order chi connectivity index (χ0) is 28.4. The maximum Gasteiger partial charge on any atom is 0.511 e. The number of hydrogen-bond donors (Lipinski definition) is 2. The summed E-state index contributed by atoms with van der Waals surface area (Å²) in [5.41, 5.74) is 2.70. The minimum atomic E-state index is -1.63. The van der Waals surface area contributed by atoms with E-state index >= 15 is 0 Å². The molecule has 0 radical (unpaired) electrons. The molecule has 12 heteroatoms. The lowest BCUT2D eigenvalue weighted by Crippen LogP contribution is -2.41. The van der Waals surface area contributed by atoms with Crippen LogP contribution in [0, 0.1) is 0 Å². The third-order valence-corrected chi connectivity index (χ3v) is 5.58. The Morgan fingerprint density at radius 3 is 2.44 bits per heavy atom. The van der Waals surface area contributed by atoms with E-state index < -0.39 is 43.1 Å². The van der Waals surface area contributed by atoms with Gasteiger partial charge in [-0.05, 0) is 54.2 Å². The molecule has 0 bridgehead atoms. The van der Waals surface area contributed by atoms with Crippen LogP contribution in [0.4, 0.5) is 4.79 Å². The minimum Gasteiger partial charge on any atom is -0.479 e. The van der Waals surface area contributed by atoms with Gasteiger partial charge in [0, 0.05) is 17.5 Å². The van der Waals surface area contributed by atoms with Crippen LogP contribution in [0.15, 0.2) is 59.1 Å². The van der Waals surface area contributed by atoms with Crippen LogP contribution in [0.5, 0.6) is 5.88 Å². The molecule has 0 aliphatic rings. The van der Waals surface area contributed by atoms with E-state index in [2.05, 4.69) is 15.2 Å². The first-order valence-electron chi connectivity index (χ1n) is 12.0. The number of nitrogens with one attached hydrogen (secondary N) is 1. The van der Waals surface area contributed by atoms with E-state index in [0.717, 1.165) is 16.7 Å². The fourth-order valence-corrected chi connectivity index (χ4v) is 3.71. The monoisotopic (exact) mass is 560 g/mol. The minimum absolute atomic E-state index is 0.109. The van der Waals surface area contributed by atoms with Crippen LogP contribution in [0.2, 0.25) is 5.02 Å². The molecule has 3 rings (SSSR count). The molecular formula is C27H29ClN2O9. The van der Waals surface area contributed by atoms with Crippen LogP contribution in [-0.2, 0) is 25.4 Å². The average Bonchev–Trinajstić information content (AvgIpc) is 3.38. The zero-order valence-corrected chi connectivity index (χ0v) is 22.3. The van der Waals surface area contributed by atoms with Gasteiger partial charge in [0.2, 0.25) is 12.6 Å². The maximum absolute atomic E-state index is 12.7. The highest BCUT2D eigenvalue weighted by Gasteiger charge is 2.26. The molecule has 11 nitrogen and oxygen atoms in total. The molecule has 0 saturated heterocycles. The number of aliphatic hydroxyl groups is 1. The molecule has 0 aliphatic carbocycles. The normalized spacial score (nSPS) is 12.4. The first-order valence-corrected chi connectivity index (χ1v) is 12.4. The van der Waals surface area contributed by atoms with E-state index in [1.165, 1.54) is 13.2 Å². The quantitative estimate of drug-likeness (QED) is 0.244. The fraction of sp³-hybridized carbons (Fsp3) is 0.333. The maximum atomic E-state index is 12.7.